The minimum absolute atomic E-state index is 0.187. The Morgan fingerprint density at radius 1 is 1.43 bits per heavy atom. The first kappa shape index (κ1) is 15.6. The number of hydrogen-bond donors (Lipinski definition) is 1. The van der Waals surface area contributed by atoms with E-state index in [1.54, 1.807) is 0 Å². The number of ether oxygens (including phenoxy) is 1. The van der Waals surface area contributed by atoms with Gasteiger partial charge in [0.25, 0.3) is 0 Å². The molecule has 0 aromatic carbocycles. The van der Waals surface area contributed by atoms with Crippen LogP contribution in [0.25, 0.3) is 0 Å². The van der Waals surface area contributed by atoms with Gasteiger partial charge < -0.3 is 4.74 Å². The Bertz CT molecular complexity index is 597. The smallest absolute Gasteiger partial charge is 0.308 e. The van der Waals surface area contributed by atoms with Gasteiger partial charge in [-0.3, -0.25) is 9.52 Å². The molecule has 1 saturated heterocycles. The van der Waals surface area contributed by atoms with Crippen LogP contribution in [0.3, 0.4) is 0 Å². The summed E-state index contributed by atoms with van der Waals surface area (Å²) in [6.45, 7) is 0.452. The van der Waals surface area contributed by atoms with Crippen LogP contribution in [0, 0.1) is 11.9 Å². The van der Waals surface area contributed by atoms with E-state index in [2.05, 4.69) is 14.4 Å². The van der Waals surface area contributed by atoms with Crippen LogP contribution in [0.5, 0.6) is 0 Å². The van der Waals surface area contributed by atoms with Crippen molar-refractivity contribution in [3.05, 3.63) is 24.3 Å². The molecule has 1 aromatic heterocycles. The molecule has 0 radical (unpaired) electrons. The fourth-order valence-electron chi connectivity index (χ4n) is 2.15. The number of piperidine rings is 1. The van der Waals surface area contributed by atoms with Crippen molar-refractivity contribution in [2.45, 2.75) is 12.8 Å². The van der Waals surface area contributed by atoms with E-state index in [-0.39, 0.29) is 30.7 Å². The maximum atomic E-state index is 12.7. The van der Waals surface area contributed by atoms with Crippen molar-refractivity contribution < 1.29 is 22.3 Å². The topological polar surface area (TPSA) is 88.6 Å². The molecule has 1 aliphatic rings. The molecule has 116 valence electrons. The molecule has 2 heterocycles. The van der Waals surface area contributed by atoms with Crippen LogP contribution in [0.4, 0.5) is 10.1 Å². The highest BCUT2D eigenvalue weighted by atomic mass is 32.2. The predicted molar refractivity (Wildman–Crippen MR) is 73.1 cm³/mol. The number of halogens is 1. The van der Waals surface area contributed by atoms with E-state index in [0.717, 1.165) is 12.3 Å². The summed E-state index contributed by atoms with van der Waals surface area (Å²) in [7, 11) is -2.42. The number of pyridine rings is 1. The molecule has 0 bridgehead atoms. The number of nitrogens with one attached hydrogen (secondary N) is 1. The van der Waals surface area contributed by atoms with Gasteiger partial charge in [-0.25, -0.2) is 4.98 Å². The molecule has 0 unspecified atom stereocenters. The van der Waals surface area contributed by atoms with E-state index in [4.69, 9.17) is 0 Å². The Hall–Kier alpha value is -1.74. The maximum absolute atomic E-state index is 12.7. The van der Waals surface area contributed by atoms with Gasteiger partial charge in [-0.2, -0.15) is 17.1 Å². The van der Waals surface area contributed by atoms with Crippen molar-refractivity contribution >= 4 is 21.9 Å². The second-order valence-electron chi connectivity index (χ2n) is 4.67. The first-order chi connectivity index (χ1) is 9.92. The quantitative estimate of drug-likeness (QED) is 0.654. The van der Waals surface area contributed by atoms with E-state index in [1.807, 2.05) is 0 Å². The van der Waals surface area contributed by atoms with Crippen LogP contribution < -0.4 is 4.72 Å². The van der Waals surface area contributed by atoms with E-state index in [9.17, 15) is 17.6 Å². The summed E-state index contributed by atoms with van der Waals surface area (Å²) in [6.07, 6.45) is 1.93. The van der Waals surface area contributed by atoms with Crippen LogP contribution in [0.15, 0.2) is 18.3 Å². The molecule has 0 aliphatic carbocycles. The van der Waals surface area contributed by atoms with Gasteiger partial charge in [0.1, 0.15) is 0 Å². The van der Waals surface area contributed by atoms with Crippen molar-refractivity contribution in [1.82, 2.24) is 9.29 Å². The third kappa shape index (κ3) is 3.88. The van der Waals surface area contributed by atoms with Crippen molar-refractivity contribution in [2.75, 3.05) is 24.9 Å². The van der Waals surface area contributed by atoms with E-state index < -0.39 is 16.2 Å². The van der Waals surface area contributed by atoms with Gasteiger partial charge in [-0.15, -0.1) is 0 Å². The standard InChI is InChI=1S/C12H16FN3O4S/c1-20-12(17)9-4-6-16(7-5-9)21(18,19)15-10-2-3-11(13)14-8-10/h2-3,8-9,15H,4-7H2,1H3. The highest BCUT2D eigenvalue weighted by molar-refractivity contribution is 7.90. The number of rotatable bonds is 4. The first-order valence-electron chi connectivity index (χ1n) is 6.39. The molecular formula is C12H16FN3O4S. The highest BCUT2D eigenvalue weighted by Crippen LogP contribution is 2.21. The van der Waals surface area contributed by atoms with Crippen LogP contribution in [0.1, 0.15) is 12.8 Å². The summed E-state index contributed by atoms with van der Waals surface area (Å²) < 4.78 is 45.2. The van der Waals surface area contributed by atoms with Crippen molar-refractivity contribution in [1.29, 1.82) is 0 Å². The molecule has 0 saturated carbocycles. The summed E-state index contributed by atoms with van der Waals surface area (Å²) in [5, 5.41) is 0. The lowest BCUT2D eigenvalue weighted by molar-refractivity contribution is -0.146. The number of carbonyl (C=O) groups is 1. The van der Waals surface area contributed by atoms with Gasteiger partial charge >= 0.3 is 16.2 Å². The van der Waals surface area contributed by atoms with Crippen LogP contribution >= 0.6 is 0 Å². The Kier molecular flexibility index (Phi) is 4.73. The Labute approximate surface area is 122 Å². The Morgan fingerprint density at radius 3 is 2.62 bits per heavy atom. The molecular weight excluding hydrogens is 301 g/mol. The number of methoxy groups -OCH3 is 1. The van der Waals surface area contributed by atoms with Gasteiger partial charge in [-0.1, -0.05) is 0 Å². The maximum Gasteiger partial charge on any atom is 0.308 e. The second-order valence-corrected chi connectivity index (χ2v) is 6.34. The molecule has 1 fully saturated rings. The average Bonchev–Trinajstić information content (AvgIpc) is 2.49. The SMILES string of the molecule is COC(=O)C1CCN(S(=O)(=O)Nc2ccc(F)nc2)CC1. The molecule has 9 heteroatoms. The number of hydrogen-bond acceptors (Lipinski definition) is 5. The zero-order valence-electron chi connectivity index (χ0n) is 11.5. The van der Waals surface area contributed by atoms with Gasteiger partial charge in [0, 0.05) is 13.1 Å². The third-order valence-corrected chi connectivity index (χ3v) is 4.84. The summed E-state index contributed by atoms with van der Waals surface area (Å²) in [6, 6.07) is 2.36. The molecule has 0 amide bonds. The van der Waals surface area contributed by atoms with Gasteiger partial charge in [0.15, 0.2) is 0 Å². The summed E-state index contributed by atoms with van der Waals surface area (Å²) in [5.74, 6) is -1.27. The highest BCUT2D eigenvalue weighted by Gasteiger charge is 2.31. The van der Waals surface area contributed by atoms with Gasteiger partial charge in [0.2, 0.25) is 5.95 Å². The zero-order valence-corrected chi connectivity index (χ0v) is 12.3. The predicted octanol–water partition coefficient (Wildman–Crippen LogP) is 0.762. The average molecular weight is 317 g/mol. The Morgan fingerprint density at radius 2 is 2.10 bits per heavy atom. The summed E-state index contributed by atoms with van der Waals surface area (Å²) in [4.78, 5) is 14.8. The lowest BCUT2D eigenvalue weighted by Crippen LogP contribution is -2.43. The fraction of sp³-hybridized carbons (Fsp3) is 0.500. The number of nitrogens with zero attached hydrogens (tertiary/aromatic N) is 2. The van der Waals surface area contributed by atoms with Crippen molar-refractivity contribution in [3.8, 4) is 0 Å². The largest absolute Gasteiger partial charge is 0.469 e. The number of carbonyl (C=O) groups excluding carboxylic acids is 1. The molecule has 21 heavy (non-hydrogen) atoms. The molecule has 1 aliphatic heterocycles. The van der Waals surface area contributed by atoms with Crippen molar-refractivity contribution in [3.63, 3.8) is 0 Å². The van der Waals surface area contributed by atoms with E-state index in [0.29, 0.717) is 12.8 Å². The van der Waals surface area contributed by atoms with Crippen molar-refractivity contribution in [2.24, 2.45) is 5.92 Å². The first-order valence-corrected chi connectivity index (χ1v) is 7.83. The van der Waals surface area contributed by atoms with Gasteiger partial charge in [0.05, 0.1) is 24.9 Å². The zero-order chi connectivity index (χ0) is 15.5. The third-order valence-electron chi connectivity index (χ3n) is 3.30. The Balaban J connectivity index is 1.98. The second kappa shape index (κ2) is 6.35. The molecule has 1 aromatic rings. The van der Waals surface area contributed by atoms with Crippen LogP contribution in [-0.4, -0.2) is 43.9 Å². The summed E-state index contributed by atoms with van der Waals surface area (Å²) >= 11 is 0. The lowest BCUT2D eigenvalue weighted by Gasteiger charge is -2.29. The van der Waals surface area contributed by atoms with Gasteiger partial charge in [-0.05, 0) is 25.0 Å². The molecule has 2 rings (SSSR count). The lowest BCUT2D eigenvalue weighted by atomic mass is 9.99. The van der Waals surface area contributed by atoms with Crippen LogP contribution in [0.2, 0.25) is 0 Å². The fourth-order valence-corrected chi connectivity index (χ4v) is 3.39. The number of esters is 1. The number of aromatic nitrogens is 1. The minimum atomic E-state index is -3.74. The van der Waals surface area contributed by atoms with E-state index >= 15 is 0 Å². The minimum Gasteiger partial charge on any atom is -0.469 e. The molecule has 1 N–H and O–H groups in total. The molecule has 0 spiro atoms. The van der Waals surface area contributed by atoms with Crippen LogP contribution in [-0.2, 0) is 19.7 Å². The monoisotopic (exact) mass is 317 g/mol. The molecule has 7 nitrogen and oxygen atoms in total. The number of anilines is 1. The van der Waals surface area contributed by atoms with E-state index in [1.165, 1.54) is 17.5 Å². The summed E-state index contributed by atoms with van der Waals surface area (Å²) in [5.41, 5.74) is 0.187. The molecule has 0 atom stereocenters. The normalized spacial score (nSPS) is 17.4.